The molecule has 0 saturated heterocycles. The van der Waals surface area contributed by atoms with Crippen LogP contribution >= 0.6 is 0 Å². The average molecular weight is 366 g/mol. The van der Waals surface area contributed by atoms with Crippen molar-refractivity contribution in [1.82, 2.24) is 15.3 Å². The quantitative estimate of drug-likeness (QED) is 0.557. The van der Waals surface area contributed by atoms with E-state index in [4.69, 9.17) is 5.11 Å². The van der Waals surface area contributed by atoms with Crippen molar-refractivity contribution in [3.63, 3.8) is 0 Å². The van der Waals surface area contributed by atoms with E-state index in [1.165, 1.54) is 37.5 Å². The second kappa shape index (κ2) is 7.08. The number of amides is 3. The molecule has 1 heterocycles. The molecular formula is C18H14N4O5. The average Bonchev–Trinajstić information content (AvgIpc) is 2.64. The molecule has 2 aromatic carbocycles. The van der Waals surface area contributed by atoms with Gasteiger partial charge in [-0.05, 0) is 37.3 Å². The predicted molar refractivity (Wildman–Crippen MR) is 95.8 cm³/mol. The van der Waals surface area contributed by atoms with Gasteiger partial charge in [-0.15, -0.1) is 0 Å². The summed E-state index contributed by atoms with van der Waals surface area (Å²) in [6.45, 7) is 1.45. The van der Waals surface area contributed by atoms with E-state index in [1.807, 2.05) is 0 Å². The minimum atomic E-state index is -1.29. The predicted octanol–water partition coefficient (Wildman–Crippen LogP) is 2.30. The highest BCUT2D eigenvalue weighted by atomic mass is 16.4. The number of rotatable bonds is 3. The molecule has 3 rings (SSSR count). The van der Waals surface area contributed by atoms with Crippen LogP contribution in [-0.4, -0.2) is 38.1 Å². The van der Waals surface area contributed by atoms with Gasteiger partial charge in [0.2, 0.25) is 0 Å². The first-order chi connectivity index (χ1) is 12.9. The molecule has 0 aliphatic heterocycles. The van der Waals surface area contributed by atoms with Gasteiger partial charge in [0, 0.05) is 29.2 Å². The van der Waals surface area contributed by atoms with Crippen molar-refractivity contribution in [2.75, 3.05) is 5.32 Å². The number of anilines is 1. The lowest BCUT2D eigenvalue weighted by atomic mass is 10.1. The van der Waals surface area contributed by atoms with Crippen LogP contribution in [-0.2, 0) is 0 Å². The largest absolute Gasteiger partial charge is 0.507 e. The van der Waals surface area contributed by atoms with Crippen molar-refractivity contribution in [3.8, 4) is 5.75 Å². The van der Waals surface area contributed by atoms with Crippen molar-refractivity contribution >= 4 is 34.6 Å². The number of hydrogen-bond acceptors (Lipinski definition) is 6. The van der Waals surface area contributed by atoms with E-state index in [0.717, 1.165) is 6.07 Å². The highest BCUT2D eigenvalue weighted by Crippen LogP contribution is 2.28. The normalized spacial score (nSPS) is 10.4. The zero-order valence-corrected chi connectivity index (χ0v) is 14.1. The van der Waals surface area contributed by atoms with Crippen LogP contribution in [0, 0.1) is 6.92 Å². The number of nitrogens with zero attached hydrogens (tertiary/aromatic N) is 2. The molecule has 9 heteroatoms. The molecule has 0 aliphatic rings. The summed E-state index contributed by atoms with van der Waals surface area (Å²) in [7, 11) is 0. The Hall–Kier alpha value is -4.01. The molecule has 0 radical (unpaired) electrons. The summed E-state index contributed by atoms with van der Waals surface area (Å²) in [5.41, 5.74) is 1.40. The SMILES string of the molecule is Cc1c(NC(=O)NC(=O)c2ccc3nccnc3c2)ccc(C(=O)O)c1O. The minimum absolute atomic E-state index is 0.165. The van der Waals surface area contributed by atoms with Crippen LogP contribution in [0.5, 0.6) is 5.75 Å². The van der Waals surface area contributed by atoms with E-state index in [-0.39, 0.29) is 22.4 Å². The molecule has 1 aromatic heterocycles. The van der Waals surface area contributed by atoms with Gasteiger partial charge in [-0.2, -0.15) is 0 Å². The maximum absolute atomic E-state index is 12.2. The van der Waals surface area contributed by atoms with Gasteiger partial charge in [-0.3, -0.25) is 20.1 Å². The Kier molecular flexibility index (Phi) is 4.67. The van der Waals surface area contributed by atoms with Crippen LogP contribution in [0.1, 0.15) is 26.3 Å². The molecule has 0 bridgehead atoms. The maximum atomic E-state index is 12.2. The number of fused-ring (bicyclic) bond motifs is 1. The number of aromatic carboxylic acids is 1. The molecule has 136 valence electrons. The number of carboxylic acid groups (broad SMARTS) is 1. The molecule has 0 aliphatic carbocycles. The molecule has 0 atom stereocenters. The van der Waals surface area contributed by atoms with Gasteiger partial charge in [0.1, 0.15) is 11.3 Å². The van der Waals surface area contributed by atoms with Crippen LogP contribution in [0.3, 0.4) is 0 Å². The molecule has 0 unspecified atom stereocenters. The maximum Gasteiger partial charge on any atom is 0.339 e. The number of nitrogens with one attached hydrogen (secondary N) is 2. The molecule has 4 N–H and O–H groups in total. The monoisotopic (exact) mass is 366 g/mol. The zero-order valence-electron chi connectivity index (χ0n) is 14.1. The van der Waals surface area contributed by atoms with E-state index >= 15 is 0 Å². The van der Waals surface area contributed by atoms with Crippen molar-refractivity contribution in [1.29, 1.82) is 0 Å². The zero-order chi connectivity index (χ0) is 19.6. The van der Waals surface area contributed by atoms with Crippen LogP contribution < -0.4 is 10.6 Å². The van der Waals surface area contributed by atoms with Gasteiger partial charge in [-0.25, -0.2) is 9.59 Å². The summed E-state index contributed by atoms with van der Waals surface area (Å²) in [4.78, 5) is 43.5. The number of carbonyl (C=O) groups is 3. The number of aromatic hydroxyl groups is 1. The smallest absolute Gasteiger partial charge is 0.339 e. The summed E-state index contributed by atoms with van der Waals surface area (Å²) in [6.07, 6.45) is 3.02. The standard InChI is InChI=1S/C18H14N4O5/c1-9-12(5-3-11(15(9)23)17(25)26)21-18(27)22-16(24)10-2-4-13-14(8-10)20-7-6-19-13/h2-8,23H,1H3,(H,25,26)(H2,21,22,24,27). The third kappa shape index (κ3) is 3.66. The summed E-state index contributed by atoms with van der Waals surface area (Å²) < 4.78 is 0. The van der Waals surface area contributed by atoms with Gasteiger partial charge in [-0.1, -0.05) is 0 Å². The Morgan fingerprint density at radius 1 is 1.00 bits per heavy atom. The molecule has 0 saturated carbocycles. The Balaban J connectivity index is 1.74. The van der Waals surface area contributed by atoms with E-state index in [2.05, 4.69) is 20.6 Å². The summed E-state index contributed by atoms with van der Waals surface area (Å²) >= 11 is 0. The van der Waals surface area contributed by atoms with Gasteiger partial charge < -0.3 is 15.5 Å². The van der Waals surface area contributed by atoms with Crippen LogP contribution in [0.25, 0.3) is 11.0 Å². The fourth-order valence-corrected chi connectivity index (χ4v) is 2.44. The topological polar surface area (TPSA) is 142 Å². The van der Waals surface area contributed by atoms with Crippen LogP contribution in [0.4, 0.5) is 10.5 Å². The molecule has 27 heavy (non-hydrogen) atoms. The summed E-state index contributed by atoms with van der Waals surface area (Å²) in [5.74, 6) is -2.40. The number of hydrogen-bond donors (Lipinski definition) is 4. The highest BCUT2D eigenvalue weighted by molar-refractivity contribution is 6.09. The van der Waals surface area contributed by atoms with E-state index in [9.17, 15) is 19.5 Å². The number of carbonyl (C=O) groups excluding carboxylic acids is 2. The fraction of sp³-hybridized carbons (Fsp3) is 0.0556. The molecule has 3 amide bonds. The first kappa shape index (κ1) is 17.8. The van der Waals surface area contributed by atoms with Gasteiger partial charge in [0.05, 0.1) is 11.0 Å². The molecular weight excluding hydrogens is 352 g/mol. The Morgan fingerprint density at radius 2 is 1.70 bits per heavy atom. The minimum Gasteiger partial charge on any atom is -0.507 e. The number of carboxylic acids is 1. The highest BCUT2D eigenvalue weighted by Gasteiger charge is 2.17. The molecule has 3 aromatic rings. The van der Waals surface area contributed by atoms with E-state index in [0.29, 0.717) is 11.0 Å². The number of phenols is 1. The van der Waals surface area contributed by atoms with E-state index in [1.54, 1.807) is 6.07 Å². The van der Waals surface area contributed by atoms with Crippen molar-refractivity contribution in [2.24, 2.45) is 0 Å². The summed E-state index contributed by atoms with van der Waals surface area (Å²) in [5, 5.41) is 23.4. The first-order valence-corrected chi connectivity index (χ1v) is 7.76. The lowest BCUT2D eigenvalue weighted by Gasteiger charge is -2.12. The van der Waals surface area contributed by atoms with E-state index < -0.39 is 23.7 Å². The molecule has 0 fully saturated rings. The summed E-state index contributed by atoms with van der Waals surface area (Å²) in [6, 6.07) is 6.28. The van der Waals surface area contributed by atoms with Crippen molar-refractivity contribution in [2.45, 2.75) is 6.92 Å². The number of urea groups is 1. The van der Waals surface area contributed by atoms with Gasteiger partial charge >= 0.3 is 12.0 Å². The van der Waals surface area contributed by atoms with Gasteiger partial charge in [0.15, 0.2) is 0 Å². The third-order valence-corrected chi connectivity index (χ3v) is 3.87. The van der Waals surface area contributed by atoms with Crippen LogP contribution in [0.2, 0.25) is 0 Å². The second-order valence-corrected chi connectivity index (χ2v) is 5.61. The Morgan fingerprint density at radius 3 is 2.41 bits per heavy atom. The lowest BCUT2D eigenvalue weighted by molar-refractivity contribution is 0.0693. The Bertz CT molecular complexity index is 1080. The molecule has 9 nitrogen and oxygen atoms in total. The van der Waals surface area contributed by atoms with Crippen molar-refractivity contribution < 1.29 is 24.6 Å². The fourth-order valence-electron chi connectivity index (χ4n) is 2.44. The molecule has 0 spiro atoms. The number of aromatic nitrogens is 2. The lowest BCUT2D eigenvalue weighted by Crippen LogP contribution is -2.34. The Labute approximate surface area is 152 Å². The van der Waals surface area contributed by atoms with Gasteiger partial charge in [0.25, 0.3) is 5.91 Å². The first-order valence-electron chi connectivity index (χ1n) is 7.76. The third-order valence-electron chi connectivity index (χ3n) is 3.87. The van der Waals surface area contributed by atoms with Crippen LogP contribution in [0.15, 0.2) is 42.7 Å². The van der Waals surface area contributed by atoms with Crippen molar-refractivity contribution in [3.05, 3.63) is 59.4 Å². The number of imide groups is 1. The second-order valence-electron chi connectivity index (χ2n) is 5.61. The number of benzene rings is 2.